The summed E-state index contributed by atoms with van der Waals surface area (Å²) in [6, 6.07) is 4.08. The van der Waals surface area contributed by atoms with Crippen LogP contribution in [0, 0.1) is 21.4 Å². The molecule has 0 spiro atoms. The van der Waals surface area contributed by atoms with E-state index in [2.05, 4.69) is 25.4 Å². The summed E-state index contributed by atoms with van der Waals surface area (Å²) in [6.07, 6.45) is 1.26. The lowest BCUT2D eigenvalue weighted by Gasteiger charge is -2.12. The van der Waals surface area contributed by atoms with Crippen molar-refractivity contribution in [2.24, 2.45) is 0 Å². The number of methoxy groups -OCH3 is 2. The number of benzene rings is 1. The predicted octanol–water partition coefficient (Wildman–Crippen LogP) is 2.18. The van der Waals surface area contributed by atoms with Crippen LogP contribution >= 0.6 is 15.9 Å². The van der Waals surface area contributed by atoms with Gasteiger partial charge >= 0.3 is 11.9 Å². The molecule has 10 nitrogen and oxygen atoms in total. The average molecular weight is 423 g/mol. The maximum atomic E-state index is 12.1. The van der Waals surface area contributed by atoms with E-state index in [9.17, 15) is 19.7 Å². The molecule has 0 amide bonds. The molecular formula is C15H11BrN4O6. The van der Waals surface area contributed by atoms with E-state index in [-0.39, 0.29) is 32.7 Å². The molecule has 1 aromatic carbocycles. The van der Waals surface area contributed by atoms with Gasteiger partial charge < -0.3 is 19.8 Å². The number of nitrogen functional groups attached to an aromatic ring is 1. The van der Waals surface area contributed by atoms with Crippen LogP contribution in [-0.2, 0) is 9.47 Å². The molecule has 0 saturated heterocycles. The highest BCUT2D eigenvalue weighted by Gasteiger charge is 2.27. The number of hydrogen-bond acceptors (Lipinski definition) is 8. The molecule has 0 radical (unpaired) electrons. The van der Waals surface area contributed by atoms with Gasteiger partial charge in [-0.15, -0.1) is 0 Å². The number of anilines is 1. The minimum absolute atomic E-state index is 0.00438. The fraction of sp³-hybridized carbons (Fsp3) is 0.133. The molecule has 26 heavy (non-hydrogen) atoms. The van der Waals surface area contributed by atoms with Gasteiger partial charge in [0.05, 0.1) is 36.1 Å². The Morgan fingerprint density at radius 1 is 1.31 bits per heavy atom. The Hall–Kier alpha value is -3.39. The predicted molar refractivity (Wildman–Crippen MR) is 91.9 cm³/mol. The minimum Gasteiger partial charge on any atom is -0.465 e. The maximum Gasteiger partial charge on any atom is 0.357 e. The Balaban J connectivity index is 2.85. The van der Waals surface area contributed by atoms with Crippen molar-refractivity contribution in [2.45, 2.75) is 0 Å². The van der Waals surface area contributed by atoms with Crippen molar-refractivity contribution in [2.75, 3.05) is 20.0 Å². The fourth-order valence-electron chi connectivity index (χ4n) is 2.27. The number of rotatable bonds is 4. The second kappa shape index (κ2) is 7.24. The number of carbonyl (C=O) groups is 2. The lowest BCUT2D eigenvalue weighted by atomic mass is 10.1. The summed E-state index contributed by atoms with van der Waals surface area (Å²) in [5.74, 6) is -1.76. The van der Waals surface area contributed by atoms with Crippen molar-refractivity contribution >= 4 is 39.2 Å². The summed E-state index contributed by atoms with van der Waals surface area (Å²) >= 11 is 3.17. The molecule has 134 valence electrons. The highest BCUT2D eigenvalue weighted by molar-refractivity contribution is 9.10. The molecule has 2 aromatic rings. The Kier molecular flexibility index (Phi) is 5.27. The highest BCUT2D eigenvalue weighted by Crippen LogP contribution is 2.34. The van der Waals surface area contributed by atoms with E-state index in [1.165, 1.54) is 10.8 Å². The zero-order valence-corrected chi connectivity index (χ0v) is 15.1. The van der Waals surface area contributed by atoms with E-state index in [0.717, 1.165) is 26.4 Å². The van der Waals surface area contributed by atoms with Crippen LogP contribution in [0.15, 0.2) is 22.8 Å². The normalized spacial score (nSPS) is 10.1. The minimum atomic E-state index is -0.939. The standard InChI is InChI=1S/C15H11BrN4O6/c1-25-14(21)8-3-11(9(16)4-10(8)20(23)24)19-6-7(5-17)12(18)13(19)15(22)26-2/h3-4,6H,18H2,1-2H3. The van der Waals surface area contributed by atoms with E-state index in [0.29, 0.717) is 0 Å². The number of esters is 2. The van der Waals surface area contributed by atoms with Crippen LogP contribution in [-0.4, -0.2) is 35.6 Å². The first-order valence-electron chi connectivity index (χ1n) is 6.82. The molecule has 0 saturated carbocycles. The van der Waals surface area contributed by atoms with Gasteiger partial charge in [-0.3, -0.25) is 10.1 Å². The molecule has 1 heterocycles. The number of nitriles is 1. The van der Waals surface area contributed by atoms with Crippen LogP contribution in [0.1, 0.15) is 26.4 Å². The van der Waals surface area contributed by atoms with Crippen molar-refractivity contribution in [3.05, 3.63) is 49.7 Å². The van der Waals surface area contributed by atoms with Crippen LogP contribution < -0.4 is 5.73 Å². The summed E-state index contributed by atoms with van der Waals surface area (Å²) in [5.41, 5.74) is 4.87. The summed E-state index contributed by atoms with van der Waals surface area (Å²) in [5, 5.41) is 20.4. The number of nitrogens with zero attached hydrogens (tertiary/aromatic N) is 3. The lowest BCUT2D eigenvalue weighted by molar-refractivity contribution is -0.385. The summed E-state index contributed by atoms with van der Waals surface area (Å²) in [6.45, 7) is 0. The Labute approximate surface area is 155 Å². The number of nitro groups is 1. The molecule has 0 fully saturated rings. The van der Waals surface area contributed by atoms with Crippen molar-refractivity contribution in [1.29, 1.82) is 5.26 Å². The number of nitrogens with two attached hydrogens (primary N) is 1. The molecule has 0 aliphatic heterocycles. The van der Waals surface area contributed by atoms with Gasteiger partial charge in [0.25, 0.3) is 5.69 Å². The van der Waals surface area contributed by atoms with Crippen LogP contribution in [0.2, 0.25) is 0 Å². The molecule has 0 unspecified atom stereocenters. The molecule has 0 aliphatic rings. The maximum absolute atomic E-state index is 12.1. The second-order valence-electron chi connectivity index (χ2n) is 4.85. The molecule has 2 rings (SSSR count). The largest absolute Gasteiger partial charge is 0.465 e. The molecule has 0 aliphatic carbocycles. The number of ether oxygens (including phenoxy) is 2. The quantitative estimate of drug-likeness (QED) is 0.447. The highest BCUT2D eigenvalue weighted by atomic mass is 79.9. The molecule has 2 N–H and O–H groups in total. The van der Waals surface area contributed by atoms with Gasteiger partial charge in [0.2, 0.25) is 0 Å². The third-order valence-corrected chi connectivity index (χ3v) is 4.11. The van der Waals surface area contributed by atoms with E-state index in [1.807, 2.05) is 6.07 Å². The lowest BCUT2D eigenvalue weighted by Crippen LogP contribution is -2.13. The average Bonchev–Trinajstić information content (AvgIpc) is 2.96. The topological polar surface area (TPSA) is 150 Å². The van der Waals surface area contributed by atoms with Crippen LogP contribution in [0.25, 0.3) is 5.69 Å². The number of carbonyl (C=O) groups excluding carboxylic acids is 2. The Morgan fingerprint density at radius 3 is 2.42 bits per heavy atom. The summed E-state index contributed by atoms with van der Waals surface area (Å²) < 4.78 is 10.6. The zero-order valence-electron chi connectivity index (χ0n) is 13.5. The van der Waals surface area contributed by atoms with Crippen molar-refractivity contribution in [3.63, 3.8) is 0 Å². The molecular weight excluding hydrogens is 412 g/mol. The summed E-state index contributed by atoms with van der Waals surface area (Å²) in [4.78, 5) is 34.4. The third kappa shape index (κ3) is 3.09. The van der Waals surface area contributed by atoms with Crippen molar-refractivity contribution in [1.82, 2.24) is 4.57 Å². The van der Waals surface area contributed by atoms with Gasteiger partial charge in [0, 0.05) is 16.7 Å². The second-order valence-corrected chi connectivity index (χ2v) is 5.70. The monoisotopic (exact) mass is 422 g/mol. The van der Waals surface area contributed by atoms with Gasteiger partial charge in [-0.25, -0.2) is 9.59 Å². The van der Waals surface area contributed by atoms with Gasteiger partial charge in [-0.05, 0) is 22.0 Å². The number of nitro benzene ring substituents is 1. The smallest absolute Gasteiger partial charge is 0.357 e. The van der Waals surface area contributed by atoms with Crippen LogP contribution in [0.4, 0.5) is 11.4 Å². The van der Waals surface area contributed by atoms with Gasteiger partial charge in [0.1, 0.15) is 11.6 Å². The van der Waals surface area contributed by atoms with Crippen molar-refractivity contribution < 1.29 is 24.0 Å². The van der Waals surface area contributed by atoms with Gasteiger partial charge in [-0.1, -0.05) is 0 Å². The zero-order chi connectivity index (χ0) is 19.6. The van der Waals surface area contributed by atoms with Crippen molar-refractivity contribution in [3.8, 4) is 11.8 Å². The van der Waals surface area contributed by atoms with E-state index in [4.69, 9.17) is 11.0 Å². The first-order chi connectivity index (χ1) is 12.3. The van der Waals surface area contributed by atoms with E-state index >= 15 is 0 Å². The summed E-state index contributed by atoms with van der Waals surface area (Å²) in [7, 11) is 2.21. The van der Waals surface area contributed by atoms with Gasteiger partial charge in [-0.2, -0.15) is 5.26 Å². The number of halogens is 1. The van der Waals surface area contributed by atoms with E-state index < -0.39 is 22.5 Å². The molecule has 1 aromatic heterocycles. The number of hydrogen-bond donors (Lipinski definition) is 1. The Bertz CT molecular complexity index is 975. The van der Waals surface area contributed by atoms with Crippen LogP contribution in [0.5, 0.6) is 0 Å². The third-order valence-electron chi connectivity index (χ3n) is 3.47. The molecule has 0 bridgehead atoms. The first kappa shape index (κ1) is 18.9. The Morgan fingerprint density at radius 2 is 1.92 bits per heavy atom. The molecule has 0 atom stereocenters. The SMILES string of the molecule is COC(=O)c1cc(-n2cc(C#N)c(N)c2C(=O)OC)c(Br)cc1[N+](=O)[O-]. The number of aromatic nitrogens is 1. The van der Waals surface area contributed by atoms with E-state index in [1.54, 1.807) is 0 Å². The van der Waals surface area contributed by atoms with Gasteiger partial charge in [0.15, 0.2) is 5.69 Å². The van der Waals surface area contributed by atoms with Crippen LogP contribution in [0.3, 0.4) is 0 Å². The molecule has 11 heteroatoms. The first-order valence-corrected chi connectivity index (χ1v) is 7.61. The fourth-order valence-corrected chi connectivity index (χ4v) is 2.79.